The van der Waals surface area contributed by atoms with Crippen LogP contribution in [-0.2, 0) is 27.4 Å². The Morgan fingerprint density at radius 2 is 1.59 bits per heavy atom. The monoisotopic (exact) mass is 568 g/mol. The Morgan fingerprint density at radius 1 is 0.878 bits per heavy atom. The number of benzene rings is 4. The molecule has 0 radical (unpaired) electrons. The van der Waals surface area contributed by atoms with Crippen molar-refractivity contribution in [1.29, 1.82) is 0 Å². The molecule has 1 fully saturated rings. The van der Waals surface area contributed by atoms with Crippen molar-refractivity contribution in [2.45, 2.75) is 50.4 Å². The molecule has 41 heavy (non-hydrogen) atoms. The summed E-state index contributed by atoms with van der Waals surface area (Å²) in [5.41, 5.74) is 12.8. The number of hydrogen-bond acceptors (Lipinski definition) is 6. The first-order chi connectivity index (χ1) is 19.9. The highest BCUT2D eigenvalue weighted by atomic mass is 32.2. The van der Waals surface area contributed by atoms with Crippen molar-refractivity contribution in [3.63, 3.8) is 0 Å². The Kier molecular flexibility index (Phi) is 9.54. The van der Waals surface area contributed by atoms with Crippen LogP contribution in [0.2, 0.25) is 0 Å². The Bertz CT molecular complexity index is 1440. The van der Waals surface area contributed by atoms with Gasteiger partial charge in [-0.15, -0.1) is 11.8 Å². The van der Waals surface area contributed by atoms with Gasteiger partial charge in [-0.1, -0.05) is 73.7 Å². The molecule has 4 atom stereocenters. The molecule has 0 bridgehead atoms. The molecule has 1 aliphatic rings. The minimum Gasteiger partial charge on any atom is -0.392 e. The van der Waals surface area contributed by atoms with Crippen LogP contribution in [0.4, 0.5) is 5.69 Å². The normalized spacial score (nSPS) is 20.5. The molecule has 7 heteroatoms. The van der Waals surface area contributed by atoms with Gasteiger partial charge in [0, 0.05) is 41.3 Å². The van der Waals surface area contributed by atoms with Crippen LogP contribution >= 0.6 is 11.8 Å². The number of nitrogens with two attached hydrogens (primary N) is 1. The number of carbonyl (C=O) groups is 1. The van der Waals surface area contributed by atoms with Gasteiger partial charge in [-0.05, 0) is 58.1 Å². The summed E-state index contributed by atoms with van der Waals surface area (Å²) in [6, 6.07) is 32.4. The van der Waals surface area contributed by atoms with E-state index in [1.807, 2.05) is 60.7 Å². The number of hydrogen-bond donors (Lipinski definition) is 3. The third-order valence-corrected chi connectivity index (χ3v) is 8.49. The van der Waals surface area contributed by atoms with E-state index in [2.05, 4.69) is 48.6 Å². The Labute approximate surface area is 245 Å². The fraction of sp³-hybridized carbons (Fsp3) is 0.265. The van der Waals surface area contributed by atoms with Gasteiger partial charge in [0.1, 0.15) is 0 Å². The Hall–Kier alpha value is -3.46. The van der Waals surface area contributed by atoms with Crippen LogP contribution in [0, 0.1) is 5.92 Å². The van der Waals surface area contributed by atoms with Crippen LogP contribution in [0.5, 0.6) is 0 Å². The molecule has 0 aliphatic carbocycles. The molecular formula is C34H36N2O4S. The van der Waals surface area contributed by atoms with E-state index in [0.29, 0.717) is 6.54 Å². The molecule has 4 aromatic carbocycles. The van der Waals surface area contributed by atoms with Gasteiger partial charge in [-0.25, -0.2) is 0 Å². The molecular weight excluding hydrogens is 532 g/mol. The summed E-state index contributed by atoms with van der Waals surface area (Å²) < 4.78 is 13.2. The minimum atomic E-state index is -0.522. The third-order valence-electron chi connectivity index (χ3n) is 7.39. The topological polar surface area (TPSA) is 93.8 Å². The number of carbonyl (C=O) groups excluding carboxylic acids is 1. The highest BCUT2D eigenvalue weighted by Gasteiger charge is 2.38. The number of aliphatic hydroxyl groups is 1. The fourth-order valence-electron chi connectivity index (χ4n) is 5.04. The predicted molar refractivity (Wildman–Crippen MR) is 164 cm³/mol. The van der Waals surface area contributed by atoms with Crippen LogP contribution in [0.15, 0.2) is 102 Å². The molecule has 6 nitrogen and oxygen atoms in total. The number of ether oxygens (including phenoxy) is 2. The maximum atomic E-state index is 11.4. The Morgan fingerprint density at radius 3 is 2.24 bits per heavy atom. The lowest BCUT2D eigenvalue weighted by atomic mass is 9.91. The summed E-state index contributed by atoms with van der Waals surface area (Å²) >= 11 is 1.73. The number of nitrogens with one attached hydrogen (secondary N) is 1. The lowest BCUT2D eigenvalue weighted by Gasteiger charge is -2.41. The average molecular weight is 569 g/mol. The van der Waals surface area contributed by atoms with E-state index < -0.39 is 6.29 Å². The molecule has 212 valence electrons. The summed E-state index contributed by atoms with van der Waals surface area (Å²) in [5, 5.41) is 12.3. The first-order valence-corrected chi connectivity index (χ1v) is 14.8. The summed E-state index contributed by atoms with van der Waals surface area (Å²) in [6.07, 6.45) is -0.766. The maximum Gasteiger partial charge on any atom is 0.221 e. The van der Waals surface area contributed by atoms with E-state index >= 15 is 0 Å². The van der Waals surface area contributed by atoms with Crippen molar-refractivity contribution in [1.82, 2.24) is 0 Å². The molecule has 4 aromatic rings. The number of aliphatic hydroxyl groups excluding tert-OH is 1. The number of thioether (sulfide) groups is 1. The zero-order valence-corrected chi connectivity index (χ0v) is 24.1. The van der Waals surface area contributed by atoms with E-state index in [1.165, 1.54) is 6.92 Å². The van der Waals surface area contributed by atoms with Crippen LogP contribution in [-0.4, -0.2) is 22.9 Å². The smallest absolute Gasteiger partial charge is 0.221 e. The number of anilines is 1. The van der Waals surface area contributed by atoms with Crippen LogP contribution < -0.4 is 11.1 Å². The van der Waals surface area contributed by atoms with Gasteiger partial charge in [0.25, 0.3) is 0 Å². The highest BCUT2D eigenvalue weighted by Crippen LogP contribution is 2.43. The minimum absolute atomic E-state index is 0.00756. The van der Waals surface area contributed by atoms with E-state index in [1.54, 1.807) is 11.8 Å². The molecule has 0 aromatic heterocycles. The second-order valence-electron chi connectivity index (χ2n) is 10.4. The van der Waals surface area contributed by atoms with Crippen molar-refractivity contribution in [2.75, 3.05) is 11.1 Å². The summed E-state index contributed by atoms with van der Waals surface area (Å²) in [6.45, 7) is 4.18. The quantitative estimate of drug-likeness (QED) is 0.191. The van der Waals surface area contributed by atoms with Gasteiger partial charge in [0.05, 0.1) is 18.8 Å². The second kappa shape index (κ2) is 13.5. The van der Waals surface area contributed by atoms with Gasteiger partial charge in [0.15, 0.2) is 6.29 Å². The van der Waals surface area contributed by atoms with Crippen molar-refractivity contribution in [2.24, 2.45) is 11.7 Å². The predicted octanol–water partition coefficient (Wildman–Crippen LogP) is 6.85. The Balaban J connectivity index is 1.36. The van der Waals surface area contributed by atoms with Gasteiger partial charge in [-0.3, -0.25) is 4.79 Å². The summed E-state index contributed by atoms with van der Waals surface area (Å²) in [5.74, 6) is 0.752. The molecule has 0 unspecified atom stereocenters. The largest absolute Gasteiger partial charge is 0.392 e. The van der Waals surface area contributed by atoms with Gasteiger partial charge < -0.3 is 25.6 Å². The maximum absolute atomic E-state index is 11.4. The van der Waals surface area contributed by atoms with Gasteiger partial charge in [0.2, 0.25) is 5.91 Å². The SMILES string of the molecule is CC(=O)Nc1ccc(SC[C@@H]2O[C@H](c3ccc(-c4cccc(CN)c4)cc3)O[C@H](c3ccc(CO)cc3)[C@@H]2C)cc1. The lowest BCUT2D eigenvalue weighted by Crippen LogP contribution is -2.38. The van der Waals surface area contributed by atoms with E-state index in [0.717, 1.165) is 49.7 Å². The summed E-state index contributed by atoms with van der Waals surface area (Å²) in [7, 11) is 0. The zero-order chi connectivity index (χ0) is 28.8. The zero-order valence-electron chi connectivity index (χ0n) is 23.3. The van der Waals surface area contributed by atoms with Crippen LogP contribution in [0.3, 0.4) is 0 Å². The van der Waals surface area contributed by atoms with E-state index in [4.69, 9.17) is 15.2 Å². The summed E-state index contributed by atoms with van der Waals surface area (Å²) in [4.78, 5) is 12.5. The lowest BCUT2D eigenvalue weighted by molar-refractivity contribution is -0.268. The van der Waals surface area contributed by atoms with Crippen molar-refractivity contribution < 1.29 is 19.4 Å². The molecule has 1 saturated heterocycles. The second-order valence-corrected chi connectivity index (χ2v) is 11.5. The standard InChI is InChI=1S/C34H36N2O4S/c1-22-32(21-41-31-16-14-30(15-17-31)36-23(2)38)39-34(40-33(22)27-8-6-24(20-37)7-9-27)28-12-10-26(11-13-28)29-5-3-4-25(18-29)19-35/h3-18,22,32-34,37H,19-21,35H2,1-2H3,(H,36,38)/t22-,32+,33+,34+/m1/s1. The highest BCUT2D eigenvalue weighted by molar-refractivity contribution is 7.99. The molecule has 1 amide bonds. The van der Waals surface area contributed by atoms with E-state index in [-0.39, 0.29) is 30.6 Å². The first-order valence-electron chi connectivity index (χ1n) is 13.8. The third kappa shape index (κ3) is 7.25. The molecule has 5 rings (SSSR count). The molecule has 4 N–H and O–H groups in total. The molecule has 0 spiro atoms. The number of amides is 1. The van der Waals surface area contributed by atoms with Crippen molar-refractivity contribution in [3.8, 4) is 11.1 Å². The average Bonchev–Trinajstić information content (AvgIpc) is 3.01. The first kappa shape index (κ1) is 29.0. The van der Waals surface area contributed by atoms with Gasteiger partial charge in [-0.2, -0.15) is 0 Å². The molecule has 1 aliphatic heterocycles. The van der Waals surface area contributed by atoms with Gasteiger partial charge >= 0.3 is 0 Å². The molecule has 1 heterocycles. The van der Waals surface area contributed by atoms with Crippen molar-refractivity contribution in [3.05, 3.63) is 119 Å². The van der Waals surface area contributed by atoms with Crippen LogP contribution in [0.25, 0.3) is 11.1 Å². The molecule has 0 saturated carbocycles. The van der Waals surface area contributed by atoms with Crippen molar-refractivity contribution >= 4 is 23.4 Å². The van der Waals surface area contributed by atoms with Crippen LogP contribution in [0.1, 0.15) is 48.5 Å². The van der Waals surface area contributed by atoms with E-state index in [9.17, 15) is 9.90 Å². The number of rotatable bonds is 9. The fourth-order valence-corrected chi connectivity index (χ4v) is 6.10.